The van der Waals surface area contributed by atoms with Crippen LogP contribution in [0.2, 0.25) is 0 Å². The molecule has 8 heteroatoms. The number of rotatable bonds is 15. The van der Waals surface area contributed by atoms with Crippen LogP contribution in [0.1, 0.15) is 77.6 Å². The highest BCUT2D eigenvalue weighted by Gasteiger charge is 2.42. The van der Waals surface area contributed by atoms with Crippen LogP contribution in [0.3, 0.4) is 0 Å². The van der Waals surface area contributed by atoms with E-state index in [1.54, 1.807) is 0 Å². The zero-order valence-electron chi connectivity index (χ0n) is 14.3. The van der Waals surface area contributed by atoms with Crippen LogP contribution in [0.15, 0.2) is 0 Å². The van der Waals surface area contributed by atoms with Crippen molar-refractivity contribution in [3.63, 3.8) is 0 Å². The highest BCUT2D eigenvalue weighted by Crippen LogP contribution is 2.21. The average molecular weight is 366 g/mol. The summed E-state index contributed by atoms with van der Waals surface area (Å²) in [5.74, 6) is -4.99. The summed E-state index contributed by atoms with van der Waals surface area (Å²) in [5.41, 5.74) is 0. The topological polar surface area (TPSA) is 129 Å². The van der Waals surface area contributed by atoms with Crippen molar-refractivity contribution in [2.45, 2.75) is 82.8 Å². The monoisotopic (exact) mass is 366 g/mol. The zero-order valence-corrected chi connectivity index (χ0v) is 15.1. The third-order valence-electron chi connectivity index (χ3n) is 4.12. The standard InChI is InChI=1S/C16H30O7S/c1-2-3-4-5-6-7-8-9-10-11-12-13(15(17)18)14(16(19)20)24(21,22)23/h13-14H,2-12H2,1H3,(H,17,18)(H,19,20)(H,21,22,23)/t13-,14-/m1/s1. The van der Waals surface area contributed by atoms with Crippen molar-refractivity contribution in [2.24, 2.45) is 5.92 Å². The Bertz CT molecular complexity index is 473. The van der Waals surface area contributed by atoms with E-state index in [9.17, 15) is 18.0 Å². The predicted molar refractivity (Wildman–Crippen MR) is 90.6 cm³/mol. The second-order valence-corrected chi connectivity index (χ2v) is 7.73. The Morgan fingerprint density at radius 1 is 0.792 bits per heavy atom. The van der Waals surface area contributed by atoms with E-state index >= 15 is 0 Å². The van der Waals surface area contributed by atoms with Crippen LogP contribution in [0.25, 0.3) is 0 Å². The molecule has 0 aromatic heterocycles. The summed E-state index contributed by atoms with van der Waals surface area (Å²) in [6.07, 6.45) is 10.3. The highest BCUT2D eigenvalue weighted by atomic mass is 32.2. The van der Waals surface area contributed by atoms with Gasteiger partial charge in [0.2, 0.25) is 0 Å². The number of aliphatic carboxylic acids is 2. The van der Waals surface area contributed by atoms with Gasteiger partial charge in [0.25, 0.3) is 10.1 Å². The normalized spacial score (nSPS) is 14.2. The van der Waals surface area contributed by atoms with Gasteiger partial charge in [-0.3, -0.25) is 14.1 Å². The maximum absolute atomic E-state index is 11.1. The molecule has 0 amide bonds. The molecule has 0 radical (unpaired) electrons. The van der Waals surface area contributed by atoms with E-state index in [0.29, 0.717) is 6.42 Å². The Morgan fingerprint density at radius 3 is 1.54 bits per heavy atom. The lowest BCUT2D eigenvalue weighted by molar-refractivity contribution is -0.148. The number of carboxylic acids is 2. The molecule has 0 aliphatic carbocycles. The fourth-order valence-electron chi connectivity index (χ4n) is 2.76. The number of unbranched alkanes of at least 4 members (excludes halogenated alkanes) is 9. The molecule has 0 bridgehead atoms. The summed E-state index contributed by atoms with van der Waals surface area (Å²) in [6.45, 7) is 2.17. The van der Waals surface area contributed by atoms with Crippen molar-refractivity contribution in [2.75, 3.05) is 0 Å². The van der Waals surface area contributed by atoms with Crippen molar-refractivity contribution in [1.29, 1.82) is 0 Å². The van der Waals surface area contributed by atoms with Gasteiger partial charge in [-0.25, -0.2) is 0 Å². The van der Waals surface area contributed by atoms with Crippen LogP contribution in [0.5, 0.6) is 0 Å². The highest BCUT2D eigenvalue weighted by molar-refractivity contribution is 7.87. The van der Waals surface area contributed by atoms with Crippen LogP contribution in [-0.2, 0) is 19.7 Å². The van der Waals surface area contributed by atoms with E-state index in [-0.39, 0.29) is 6.42 Å². The minimum absolute atomic E-state index is 0.0808. The first kappa shape index (κ1) is 22.9. The first-order valence-corrected chi connectivity index (χ1v) is 10.1. The van der Waals surface area contributed by atoms with E-state index < -0.39 is 33.2 Å². The van der Waals surface area contributed by atoms with Crippen LogP contribution >= 0.6 is 0 Å². The molecule has 0 unspecified atom stereocenters. The summed E-state index contributed by atoms with van der Waals surface area (Å²) in [6, 6.07) is 0. The number of hydrogen-bond acceptors (Lipinski definition) is 4. The van der Waals surface area contributed by atoms with Crippen molar-refractivity contribution in [1.82, 2.24) is 0 Å². The fourth-order valence-corrected chi connectivity index (χ4v) is 3.69. The quantitative estimate of drug-likeness (QED) is 0.299. The van der Waals surface area contributed by atoms with Gasteiger partial charge in [-0.05, 0) is 6.42 Å². The molecule has 0 fully saturated rings. The molecule has 0 heterocycles. The van der Waals surface area contributed by atoms with Crippen LogP contribution in [0, 0.1) is 5.92 Å². The third-order valence-corrected chi connectivity index (χ3v) is 5.29. The fraction of sp³-hybridized carbons (Fsp3) is 0.875. The molecule has 0 aromatic carbocycles. The lowest BCUT2D eigenvalue weighted by Crippen LogP contribution is -2.41. The first-order valence-electron chi connectivity index (χ1n) is 8.63. The van der Waals surface area contributed by atoms with Gasteiger partial charge in [-0.2, -0.15) is 8.42 Å². The summed E-state index contributed by atoms with van der Waals surface area (Å²) in [4.78, 5) is 22.1. The molecule has 0 saturated carbocycles. The maximum atomic E-state index is 11.1. The second kappa shape index (κ2) is 12.2. The Kier molecular flexibility index (Phi) is 11.7. The third kappa shape index (κ3) is 9.87. The molecule has 7 nitrogen and oxygen atoms in total. The smallest absolute Gasteiger partial charge is 0.325 e. The van der Waals surface area contributed by atoms with Gasteiger partial charge < -0.3 is 10.2 Å². The predicted octanol–water partition coefficient (Wildman–Crippen LogP) is 3.34. The van der Waals surface area contributed by atoms with Crippen LogP contribution in [-0.4, -0.2) is 40.4 Å². The lowest BCUT2D eigenvalue weighted by atomic mass is 9.96. The van der Waals surface area contributed by atoms with E-state index in [2.05, 4.69) is 6.92 Å². The molecule has 0 aromatic rings. The van der Waals surface area contributed by atoms with Crippen molar-refractivity contribution in [3.05, 3.63) is 0 Å². The Morgan fingerprint density at radius 2 is 1.21 bits per heavy atom. The summed E-state index contributed by atoms with van der Waals surface area (Å²) in [7, 11) is -4.95. The van der Waals surface area contributed by atoms with Gasteiger partial charge in [-0.15, -0.1) is 0 Å². The number of hydrogen-bond donors (Lipinski definition) is 3. The van der Waals surface area contributed by atoms with Gasteiger partial charge in [0, 0.05) is 0 Å². The minimum atomic E-state index is -4.95. The molecule has 3 N–H and O–H groups in total. The Hall–Kier alpha value is -1.15. The summed E-state index contributed by atoms with van der Waals surface area (Å²) in [5, 5.41) is 15.6. The number of carboxylic acid groups (broad SMARTS) is 2. The molecule has 0 saturated heterocycles. The zero-order chi connectivity index (χ0) is 18.6. The SMILES string of the molecule is CCCCCCCCCCCC[C@@H](C(=O)O)[C@H](C(=O)O)S(=O)(=O)O. The molecule has 2 atom stereocenters. The van der Waals surface area contributed by atoms with Gasteiger partial charge in [-0.1, -0.05) is 71.1 Å². The van der Waals surface area contributed by atoms with E-state index in [1.807, 2.05) is 0 Å². The van der Waals surface area contributed by atoms with E-state index in [4.69, 9.17) is 14.8 Å². The molecule has 24 heavy (non-hydrogen) atoms. The first-order chi connectivity index (χ1) is 11.2. The van der Waals surface area contributed by atoms with Gasteiger partial charge in [0.1, 0.15) is 0 Å². The van der Waals surface area contributed by atoms with Gasteiger partial charge in [0.15, 0.2) is 5.25 Å². The molecule has 0 spiro atoms. The Balaban J connectivity index is 4.11. The van der Waals surface area contributed by atoms with Crippen molar-refractivity contribution in [3.8, 4) is 0 Å². The van der Waals surface area contributed by atoms with Crippen molar-refractivity contribution >= 4 is 22.1 Å². The minimum Gasteiger partial charge on any atom is -0.481 e. The molecular weight excluding hydrogens is 336 g/mol. The van der Waals surface area contributed by atoms with E-state index in [1.165, 1.54) is 32.1 Å². The summed E-state index contributed by atoms with van der Waals surface area (Å²) >= 11 is 0. The largest absolute Gasteiger partial charge is 0.481 e. The Labute approximate surface area is 144 Å². The van der Waals surface area contributed by atoms with Gasteiger partial charge in [0.05, 0.1) is 5.92 Å². The van der Waals surface area contributed by atoms with Crippen molar-refractivity contribution < 1.29 is 32.8 Å². The van der Waals surface area contributed by atoms with Gasteiger partial charge >= 0.3 is 11.9 Å². The molecular formula is C16H30O7S. The van der Waals surface area contributed by atoms with Crippen LogP contribution in [0.4, 0.5) is 0 Å². The van der Waals surface area contributed by atoms with E-state index in [0.717, 1.165) is 25.7 Å². The molecule has 0 aliphatic rings. The summed E-state index contributed by atoms with van der Waals surface area (Å²) < 4.78 is 31.2. The van der Waals surface area contributed by atoms with Crippen LogP contribution < -0.4 is 0 Å². The molecule has 0 aliphatic heterocycles. The molecule has 0 rings (SSSR count). The average Bonchev–Trinajstić information content (AvgIpc) is 2.45. The maximum Gasteiger partial charge on any atom is 0.325 e. The lowest BCUT2D eigenvalue weighted by Gasteiger charge is -2.17. The number of carbonyl (C=O) groups is 2. The molecule has 142 valence electrons. The second-order valence-electron chi connectivity index (χ2n) is 6.19.